The molecular weight excluding hydrogens is 398 g/mol. The molecule has 5 nitrogen and oxygen atoms in total. The first kappa shape index (κ1) is 17.8. The lowest BCUT2D eigenvalue weighted by molar-refractivity contribution is -0.140. The van der Waals surface area contributed by atoms with Crippen molar-refractivity contribution in [1.82, 2.24) is 9.88 Å². The molecule has 4 heterocycles. The van der Waals surface area contributed by atoms with Gasteiger partial charge in [-0.25, -0.2) is 4.98 Å². The largest absolute Gasteiger partial charge is 0.274 e. The van der Waals surface area contributed by atoms with Crippen LogP contribution in [0, 0.1) is 11.3 Å². The van der Waals surface area contributed by atoms with Crippen LogP contribution in [0.4, 0.5) is 0 Å². The van der Waals surface area contributed by atoms with Gasteiger partial charge in [-0.3, -0.25) is 14.5 Å². The minimum absolute atomic E-state index is 0.0344. The van der Waals surface area contributed by atoms with E-state index in [2.05, 4.69) is 11.1 Å². The fourth-order valence-electron chi connectivity index (χ4n) is 2.94. The maximum atomic E-state index is 12.7. The first-order chi connectivity index (χ1) is 13.0. The van der Waals surface area contributed by atoms with Crippen molar-refractivity contribution in [1.29, 1.82) is 5.26 Å². The van der Waals surface area contributed by atoms with Crippen LogP contribution in [0.2, 0.25) is 0 Å². The van der Waals surface area contributed by atoms with Gasteiger partial charge in [-0.15, -0.1) is 34.0 Å². The van der Waals surface area contributed by atoms with E-state index in [-0.39, 0.29) is 18.0 Å². The highest BCUT2D eigenvalue weighted by Crippen LogP contribution is 2.40. The molecule has 3 aromatic rings. The van der Waals surface area contributed by atoms with Crippen molar-refractivity contribution in [2.45, 2.75) is 13.8 Å². The third-order valence-corrected chi connectivity index (χ3v) is 7.48. The number of thiazole rings is 1. The van der Waals surface area contributed by atoms with Gasteiger partial charge in [-0.2, -0.15) is 5.26 Å². The molecule has 0 fully saturated rings. The van der Waals surface area contributed by atoms with Gasteiger partial charge in [0.15, 0.2) is 0 Å². The Hall–Kier alpha value is -2.60. The molecule has 0 unspecified atom stereocenters. The molecule has 3 aromatic heterocycles. The van der Waals surface area contributed by atoms with Gasteiger partial charge in [-0.05, 0) is 37.6 Å². The Morgan fingerprint density at radius 2 is 2.00 bits per heavy atom. The highest BCUT2D eigenvalue weighted by atomic mass is 32.1. The molecular formula is C19H13N3O2S3. The highest BCUT2D eigenvalue weighted by Gasteiger charge is 2.34. The zero-order chi connectivity index (χ0) is 19.1. The lowest BCUT2D eigenvalue weighted by Gasteiger charge is -2.26. The van der Waals surface area contributed by atoms with Crippen molar-refractivity contribution in [2.75, 3.05) is 6.54 Å². The number of imide groups is 1. The standard InChI is InChI=1S/C19H13N3O2S3/c1-3-22-18(23)12(10(2)13(9-20)19(22)24)6-11-7-14-15(26-11)8-16(27-14)17-21-4-5-25-17/h4-8H,3H2,1-2H3/b12-6-. The molecule has 4 rings (SSSR count). The lowest BCUT2D eigenvalue weighted by Crippen LogP contribution is -2.42. The summed E-state index contributed by atoms with van der Waals surface area (Å²) in [4.78, 5) is 32.5. The van der Waals surface area contributed by atoms with E-state index in [0.717, 1.165) is 29.1 Å². The molecule has 0 radical (unpaired) electrons. The molecule has 0 atom stereocenters. The number of nitrogens with zero attached hydrogens (tertiary/aromatic N) is 3. The molecule has 1 aliphatic rings. The summed E-state index contributed by atoms with van der Waals surface area (Å²) in [5.74, 6) is -0.862. The fraction of sp³-hybridized carbons (Fsp3) is 0.158. The van der Waals surface area contributed by atoms with Crippen LogP contribution >= 0.6 is 34.0 Å². The number of amides is 2. The Bertz CT molecular complexity index is 1140. The molecule has 0 aliphatic carbocycles. The van der Waals surface area contributed by atoms with Gasteiger partial charge in [-0.1, -0.05) is 0 Å². The zero-order valence-electron chi connectivity index (χ0n) is 14.5. The summed E-state index contributed by atoms with van der Waals surface area (Å²) in [6.45, 7) is 3.62. The second-order valence-electron chi connectivity index (χ2n) is 5.85. The highest BCUT2D eigenvalue weighted by molar-refractivity contribution is 7.31. The third-order valence-electron chi connectivity index (χ3n) is 4.30. The minimum Gasteiger partial charge on any atom is -0.274 e. The van der Waals surface area contributed by atoms with Crippen LogP contribution in [-0.4, -0.2) is 28.2 Å². The molecule has 0 saturated carbocycles. The quantitative estimate of drug-likeness (QED) is 0.463. The second kappa shape index (κ2) is 6.85. The van der Waals surface area contributed by atoms with Crippen molar-refractivity contribution in [3.63, 3.8) is 0 Å². The van der Waals surface area contributed by atoms with Gasteiger partial charge in [0.2, 0.25) is 0 Å². The minimum atomic E-state index is -0.514. The molecule has 134 valence electrons. The predicted octanol–water partition coefficient (Wildman–Crippen LogP) is 4.70. The van der Waals surface area contributed by atoms with E-state index in [1.807, 2.05) is 17.5 Å². The van der Waals surface area contributed by atoms with Gasteiger partial charge in [0, 0.05) is 38.0 Å². The second-order valence-corrected chi connectivity index (χ2v) is 8.94. The van der Waals surface area contributed by atoms with E-state index in [0.29, 0.717) is 11.1 Å². The molecule has 1 aliphatic heterocycles. The number of hydrogen-bond acceptors (Lipinski definition) is 7. The molecule has 2 amide bonds. The molecule has 0 saturated heterocycles. The summed E-state index contributed by atoms with van der Waals surface area (Å²) in [6.07, 6.45) is 3.57. The van der Waals surface area contributed by atoms with Gasteiger partial charge in [0.25, 0.3) is 11.8 Å². The van der Waals surface area contributed by atoms with E-state index in [9.17, 15) is 14.9 Å². The number of likely N-dealkylation sites (N-methyl/N-ethyl adjacent to an activating group) is 1. The van der Waals surface area contributed by atoms with Crippen molar-refractivity contribution in [3.05, 3.63) is 45.3 Å². The van der Waals surface area contributed by atoms with Crippen LogP contribution in [0.3, 0.4) is 0 Å². The zero-order valence-corrected chi connectivity index (χ0v) is 16.9. The Kier molecular flexibility index (Phi) is 4.52. The van der Waals surface area contributed by atoms with Crippen molar-refractivity contribution < 1.29 is 9.59 Å². The van der Waals surface area contributed by atoms with Crippen LogP contribution in [-0.2, 0) is 9.59 Å². The maximum Gasteiger partial charge on any atom is 0.271 e. The first-order valence-electron chi connectivity index (χ1n) is 8.16. The SMILES string of the molecule is CCN1C(=O)C(C#N)=C(C)/C(=C/c2cc3sc(-c4nccs4)cc3s2)C1=O. The van der Waals surface area contributed by atoms with Crippen LogP contribution in [0.25, 0.3) is 25.4 Å². The molecule has 0 bridgehead atoms. The Labute approximate surface area is 167 Å². The number of thiophene rings is 2. The summed E-state index contributed by atoms with van der Waals surface area (Å²) < 4.78 is 2.26. The number of carbonyl (C=O) groups excluding carboxylic acids is 2. The maximum absolute atomic E-state index is 12.7. The molecule has 0 N–H and O–H groups in total. The number of carbonyl (C=O) groups is 2. The van der Waals surface area contributed by atoms with Crippen LogP contribution < -0.4 is 0 Å². The molecule has 0 spiro atoms. The Morgan fingerprint density at radius 1 is 1.22 bits per heavy atom. The summed E-state index contributed by atoms with van der Waals surface area (Å²) in [6, 6.07) is 6.09. The van der Waals surface area contributed by atoms with Gasteiger partial charge in [0.05, 0.1) is 4.88 Å². The summed E-state index contributed by atoms with van der Waals surface area (Å²) in [5, 5.41) is 12.3. The number of fused-ring (bicyclic) bond motifs is 1. The molecule has 8 heteroatoms. The van der Waals surface area contributed by atoms with E-state index in [1.165, 1.54) is 0 Å². The molecule has 0 aromatic carbocycles. The van der Waals surface area contributed by atoms with E-state index in [1.54, 1.807) is 60.1 Å². The van der Waals surface area contributed by atoms with Gasteiger partial charge in [0.1, 0.15) is 16.6 Å². The van der Waals surface area contributed by atoms with E-state index in [4.69, 9.17) is 0 Å². The van der Waals surface area contributed by atoms with Crippen LogP contribution in [0.1, 0.15) is 18.7 Å². The fourth-order valence-corrected chi connectivity index (χ4v) is 5.99. The third kappa shape index (κ3) is 2.94. The average Bonchev–Trinajstić information content (AvgIpc) is 3.35. The van der Waals surface area contributed by atoms with E-state index >= 15 is 0 Å². The average molecular weight is 412 g/mol. The smallest absolute Gasteiger partial charge is 0.271 e. The van der Waals surface area contributed by atoms with Crippen LogP contribution in [0.15, 0.2) is 40.4 Å². The summed E-state index contributed by atoms with van der Waals surface area (Å²) >= 11 is 4.85. The van der Waals surface area contributed by atoms with Crippen LogP contribution in [0.5, 0.6) is 0 Å². The van der Waals surface area contributed by atoms with Gasteiger partial charge < -0.3 is 0 Å². The first-order valence-corrected chi connectivity index (χ1v) is 10.7. The van der Waals surface area contributed by atoms with Gasteiger partial charge >= 0.3 is 0 Å². The van der Waals surface area contributed by atoms with E-state index < -0.39 is 5.91 Å². The van der Waals surface area contributed by atoms with Crippen molar-refractivity contribution in [3.8, 4) is 16.0 Å². The molecule has 27 heavy (non-hydrogen) atoms. The summed E-state index contributed by atoms with van der Waals surface area (Å²) in [5.41, 5.74) is 0.881. The topological polar surface area (TPSA) is 74.1 Å². The summed E-state index contributed by atoms with van der Waals surface area (Å²) in [7, 11) is 0. The number of hydrogen-bond donors (Lipinski definition) is 0. The predicted molar refractivity (Wildman–Crippen MR) is 109 cm³/mol. The normalized spacial score (nSPS) is 16.6. The Balaban J connectivity index is 1.77. The monoisotopic (exact) mass is 411 g/mol. The Morgan fingerprint density at radius 3 is 2.63 bits per heavy atom. The van der Waals surface area contributed by atoms with Crippen molar-refractivity contribution in [2.24, 2.45) is 0 Å². The lowest BCUT2D eigenvalue weighted by atomic mass is 9.95. The number of nitriles is 1. The number of rotatable bonds is 3. The number of aromatic nitrogens is 1. The van der Waals surface area contributed by atoms with Crippen molar-refractivity contribution >= 4 is 61.3 Å².